The molecule has 20 heavy (non-hydrogen) atoms. The van der Waals surface area contributed by atoms with Crippen LogP contribution in [0.15, 0.2) is 48.5 Å². The monoisotopic (exact) mass is 286 g/mol. The maximum absolute atomic E-state index is 9.32. The van der Waals surface area contributed by atoms with E-state index in [0.29, 0.717) is 22.3 Å². The summed E-state index contributed by atoms with van der Waals surface area (Å²) in [6.45, 7) is -0.102. The molecule has 0 atom stereocenters. The summed E-state index contributed by atoms with van der Waals surface area (Å²) in [4.78, 5) is 0. The molecule has 1 N–H and O–H groups in total. The topological polar surface area (TPSA) is 55.2 Å². The molecule has 0 amide bonds. The molecule has 0 aliphatic carbocycles. The molecule has 0 unspecified atom stereocenters. The predicted octanol–water partition coefficient (Wildman–Crippen LogP) is 3.57. The van der Waals surface area contributed by atoms with Crippen molar-refractivity contribution in [2.24, 2.45) is 0 Å². The van der Waals surface area contributed by atoms with E-state index in [-0.39, 0.29) is 6.61 Å². The fourth-order valence-electron chi connectivity index (χ4n) is 1.96. The van der Waals surface area contributed by atoms with Gasteiger partial charge in [-0.15, -0.1) is 10.2 Å². The zero-order valence-corrected chi connectivity index (χ0v) is 11.2. The number of rotatable bonds is 3. The van der Waals surface area contributed by atoms with Crippen LogP contribution in [0, 0.1) is 0 Å². The van der Waals surface area contributed by atoms with Gasteiger partial charge in [-0.1, -0.05) is 48.0 Å². The highest BCUT2D eigenvalue weighted by Gasteiger charge is 2.11. The van der Waals surface area contributed by atoms with Gasteiger partial charge in [0.2, 0.25) is 5.88 Å². The van der Waals surface area contributed by atoms with E-state index in [0.717, 1.165) is 10.8 Å². The second-order valence-corrected chi connectivity index (χ2v) is 4.57. The Hall–Kier alpha value is -2.17. The predicted molar refractivity (Wildman–Crippen MR) is 77.0 cm³/mol. The van der Waals surface area contributed by atoms with Crippen LogP contribution in [0.3, 0.4) is 0 Å². The molecule has 2 aromatic carbocycles. The number of halogens is 1. The van der Waals surface area contributed by atoms with Crippen molar-refractivity contribution in [2.75, 3.05) is 0 Å². The summed E-state index contributed by atoms with van der Waals surface area (Å²) < 4.78 is 5.78. The molecule has 0 saturated heterocycles. The zero-order chi connectivity index (χ0) is 13.9. The first-order valence-corrected chi connectivity index (χ1v) is 6.45. The molecule has 4 nitrogen and oxygen atoms in total. The summed E-state index contributed by atoms with van der Waals surface area (Å²) in [5.41, 5.74) is 0.688. The fraction of sp³-hybridized carbons (Fsp3) is 0.0667. The normalized spacial score (nSPS) is 10.7. The largest absolute Gasteiger partial charge is 0.437 e. The SMILES string of the molecule is OCc1ccccc1Oc1nnc(Cl)c2ccccc12. The lowest BCUT2D eigenvalue weighted by atomic mass is 10.2. The van der Waals surface area contributed by atoms with Gasteiger partial charge in [-0.3, -0.25) is 0 Å². The Morgan fingerprint density at radius 1 is 0.950 bits per heavy atom. The summed E-state index contributed by atoms with van der Waals surface area (Å²) in [6.07, 6.45) is 0. The molecular formula is C15H11ClN2O2. The van der Waals surface area contributed by atoms with Crippen molar-refractivity contribution in [1.29, 1.82) is 0 Å². The minimum absolute atomic E-state index is 0.102. The van der Waals surface area contributed by atoms with Crippen LogP contribution in [0.2, 0.25) is 5.15 Å². The molecule has 0 radical (unpaired) electrons. The highest BCUT2D eigenvalue weighted by Crippen LogP contribution is 2.31. The Kier molecular flexibility index (Phi) is 3.50. The molecule has 0 aliphatic rings. The summed E-state index contributed by atoms with van der Waals surface area (Å²) in [6, 6.07) is 14.7. The number of hydrogen-bond acceptors (Lipinski definition) is 4. The van der Waals surface area contributed by atoms with E-state index in [1.807, 2.05) is 36.4 Å². The van der Waals surface area contributed by atoms with E-state index < -0.39 is 0 Å². The summed E-state index contributed by atoms with van der Waals surface area (Å²) in [5.74, 6) is 0.919. The van der Waals surface area contributed by atoms with Gasteiger partial charge >= 0.3 is 0 Å². The fourth-order valence-corrected chi connectivity index (χ4v) is 2.16. The summed E-state index contributed by atoms with van der Waals surface area (Å²) >= 11 is 6.02. The first kappa shape index (κ1) is 12.8. The van der Waals surface area contributed by atoms with Crippen molar-refractivity contribution >= 4 is 22.4 Å². The molecule has 100 valence electrons. The maximum atomic E-state index is 9.32. The van der Waals surface area contributed by atoms with Crippen LogP contribution in [0.5, 0.6) is 11.6 Å². The molecule has 0 fully saturated rings. The number of hydrogen-bond donors (Lipinski definition) is 1. The first-order valence-electron chi connectivity index (χ1n) is 6.07. The van der Waals surface area contributed by atoms with E-state index in [4.69, 9.17) is 16.3 Å². The highest BCUT2D eigenvalue weighted by molar-refractivity contribution is 6.34. The number of benzene rings is 2. The lowest BCUT2D eigenvalue weighted by Crippen LogP contribution is -1.96. The van der Waals surface area contributed by atoms with E-state index in [9.17, 15) is 5.11 Å². The average Bonchev–Trinajstić information content (AvgIpc) is 2.51. The molecular weight excluding hydrogens is 276 g/mol. The van der Waals surface area contributed by atoms with Crippen LogP contribution in [0.25, 0.3) is 10.8 Å². The van der Waals surface area contributed by atoms with Crippen LogP contribution in [-0.4, -0.2) is 15.3 Å². The molecule has 3 rings (SSSR count). The Balaban J connectivity index is 2.09. The van der Waals surface area contributed by atoms with Crippen molar-refractivity contribution < 1.29 is 9.84 Å². The van der Waals surface area contributed by atoms with Gasteiger partial charge in [0, 0.05) is 16.3 Å². The highest BCUT2D eigenvalue weighted by atomic mass is 35.5. The van der Waals surface area contributed by atoms with Gasteiger partial charge in [0.05, 0.1) is 6.61 Å². The van der Waals surface area contributed by atoms with Gasteiger partial charge in [-0.25, -0.2) is 0 Å². The third kappa shape index (κ3) is 2.31. The molecule has 1 heterocycles. The second kappa shape index (κ2) is 5.45. The van der Waals surface area contributed by atoms with E-state index >= 15 is 0 Å². The first-order chi connectivity index (χ1) is 9.79. The van der Waals surface area contributed by atoms with Crippen LogP contribution in [0.4, 0.5) is 0 Å². The standard InChI is InChI=1S/C15H11ClN2O2/c16-14-11-6-2-3-7-12(11)15(18-17-14)20-13-8-4-1-5-10(13)9-19/h1-8,19H,9H2. The minimum Gasteiger partial charge on any atom is -0.437 e. The van der Waals surface area contributed by atoms with Gasteiger partial charge in [-0.05, 0) is 12.1 Å². The molecule has 1 aromatic heterocycles. The number of aromatic nitrogens is 2. The maximum Gasteiger partial charge on any atom is 0.246 e. The van der Waals surface area contributed by atoms with Gasteiger partial charge in [0.15, 0.2) is 5.15 Å². The quantitative estimate of drug-likeness (QED) is 0.800. The molecule has 0 aliphatic heterocycles. The van der Waals surface area contributed by atoms with E-state index in [2.05, 4.69) is 10.2 Å². The Bertz CT molecular complexity index is 762. The minimum atomic E-state index is -0.102. The Labute approximate surface area is 120 Å². The van der Waals surface area contributed by atoms with Gasteiger partial charge in [-0.2, -0.15) is 0 Å². The smallest absolute Gasteiger partial charge is 0.246 e. The number of fused-ring (bicyclic) bond motifs is 1. The Morgan fingerprint density at radius 2 is 1.65 bits per heavy atom. The van der Waals surface area contributed by atoms with Crippen LogP contribution in [0.1, 0.15) is 5.56 Å². The molecule has 0 spiro atoms. The summed E-state index contributed by atoms with van der Waals surface area (Å²) in [5, 5.41) is 19.1. The zero-order valence-electron chi connectivity index (χ0n) is 10.5. The van der Waals surface area contributed by atoms with Crippen molar-refractivity contribution in [2.45, 2.75) is 6.61 Å². The van der Waals surface area contributed by atoms with Crippen molar-refractivity contribution in [3.8, 4) is 11.6 Å². The second-order valence-electron chi connectivity index (χ2n) is 4.21. The third-order valence-corrected chi connectivity index (χ3v) is 3.24. The number of para-hydroxylation sites is 1. The number of nitrogens with zero attached hydrogens (tertiary/aromatic N) is 2. The third-order valence-electron chi connectivity index (χ3n) is 2.96. The van der Waals surface area contributed by atoms with Crippen molar-refractivity contribution in [3.63, 3.8) is 0 Å². The Morgan fingerprint density at radius 3 is 2.45 bits per heavy atom. The van der Waals surface area contributed by atoms with Crippen LogP contribution < -0.4 is 4.74 Å². The van der Waals surface area contributed by atoms with Crippen LogP contribution in [-0.2, 0) is 6.61 Å². The number of aliphatic hydroxyl groups excluding tert-OH is 1. The van der Waals surface area contributed by atoms with Crippen molar-refractivity contribution in [1.82, 2.24) is 10.2 Å². The van der Waals surface area contributed by atoms with Crippen LogP contribution >= 0.6 is 11.6 Å². The number of ether oxygens (including phenoxy) is 1. The van der Waals surface area contributed by atoms with Gasteiger partial charge in [0.25, 0.3) is 0 Å². The lowest BCUT2D eigenvalue weighted by molar-refractivity contribution is 0.276. The van der Waals surface area contributed by atoms with Crippen molar-refractivity contribution in [3.05, 3.63) is 59.2 Å². The molecule has 0 saturated carbocycles. The number of aliphatic hydroxyl groups is 1. The van der Waals surface area contributed by atoms with E-state index in [1.54, 1.807) is 12.1 Å². The molecule has 3 aromatic rings. The van der Waals surface area contributed by atoms with Gasteiger partial charge in [0.1, 0.15) is 5.75 Å². The lowest BCUT2D eigenvalue weighted by Gasteiger charge is -2.10. The average molecular weight is 287 g/mol. The molecule has 0 bridgehead atoms. The van der Waals surface area contributed by atoms with Gasteiger partial charge < -0.3 is 9.84 Å². The molecule has 5 heteroatoms. The van der Waals surface area contributed by atoms with E-state index in [1.165, 1.54) is 0 Å². The summed E-state index contributed by atoms with van der Waals surface area (Å²) in [7, 11) is 0.